The molecule has 2 aromatic carbocycles. The molecule has 0 aliphatic carbocycles. The molecule has 4 aromatic rings. The molecular formula is C34H44FN7O5. The number of halogens is 1. The van der Waals surface area contributed by atoms with Crippen LogP contribution in [0.25, 0.3) is 21.9 Å². The van der Waals surface area contributed by atoms with Crippen LogP contribution in [0.3, 0.4) is 0 Å². The zero-order valence-corrected chi connectivity index (χ0v) is 26.9. The van der Waals surface area contributed by atoms with E-state index in [1.54, 1.807) is 18.1 Å². The number of aliphatic carboxylic acids is 1. The first-order chi connectivity index (χ1) is 22.8. The van der Waals surface area contributed by atoms with E-state index in [0.29, 0.717) is 49.6 Å². The topological polar surface area (TPSA) is 148 Å². The van der Waals surface area contributed by atoms with E-state index in [-0.39, 0.29) is 18.3 Å². The molecule has 0 unspecified atom stereocenters. The Hall–Kier alpha value is -4.49. The summed E-state index contributed by atoms with van der Waals surface area (Å²) >= 11 is 0. The molecule has 5 rings (SSSR count). The number of imidazole rings is 1. The van der Waals surface area contributed by atoms with E-state index in [9.17, 15) is 14.0 Å². The number of anilines is 1. The first kappa shape index (κ1) is 33.9. The number of amides is 2. The van der Waals surface area contributed by atoms with Gasteiger partial charge in [-0.3, -0.25) is 0 Å². The van der Waals surface area contributed by atoms with Crippen LogP contribution in [0.1, 0.15) is 43.5 Å². The number of urea groups is 1. The summed E-state index contributed by atoms with van der Waals surface area (Å²) in [5, 5.41) is 13.0. The molecule has 1 aliphatic heterocycles. The van der Waals surface area contributed by atoms with Gasteiger partial charge in [0.25, 0.3) is 0 Å². The Morgan fingerprint density at radius 1 is 1.09 bits per heavy atom. The second-order valence-electron chi connectivity index (χ2n) is 11.8. The number of aromatic nitrogens is 3. The highest BCUT2D eigenvalue weighted by Crippen LogP contribution is 2.29. The van der Waals surface area contributed by atoms with Gasteiger partial charge in [-0.05, 0) is 62.5 Å². The van der Waals surface area contributed by atoms with E-state index in [1.165, 1.54) is 18.6 Å². The third-order valence-electron chi connectivity index (χ3n) is 8.45. The number of carboxylic acids is 1. The second-order valence-corrected chi connectivity index (χ2v) is 11.8. The highest BCUT2D eigenvalue weighted by molar-refractivity contribution is 6.06. The van der Waals surface area contributed by atoms with Crippen molar-refractivity contribution in [3.63, 3.8) is 0 Å². The van der Waals surface area contributed by atoms with E-state index >= 15 is 0 Å². The van der Waals surface area contributed by atoms with Crippen molar-refractivity contribution in [1.82, 2.24) is 29.7 Å². The summed E-state index contributed by atoms with van der Waals surface area (Å²) in [5.41, 5.74) is 9.43. The molecule has 0 saturated carbocycles. The number of pyridine rings is 1. The molecule has 2 aromatic heterocycles. The van der Waals surface area contributed by atoms with Crippen molar-refractivity contribution in [2.45, 2.75) is 51.6 Å². The number of nitrogen functional groups attached to an aromatic ring is 1. The fourth-order valence-electron chi connectivity index (χ4n) is 6.05. The number of rotatable bonds is 16. The number of nitrogens with two attached hydrogens (primary N) is 1. The zero-order chi connectivity index (χ0) is 33.2. The normalized spacial score (nSPS) is 13.7. The smallest absolute Gasteiger partial charge is 0.341 e. The number of carbonyl (C=O) groups is 2. The van der Waals surface area contributed by atoms with Crippen molar-refractivity contribution in [2.24, 2.45) is 0 Å². The Kier molecular flexibility index (Phi) is 11.8. The molecule has 3 heterocycles. The lowest BCUT2D eigenvalue weighted by molar-refractivity contribution is -0.139. The molecular weight excluding hydrogens is 605 g/mol. The van der Waals surface area contributed by atoms with Crippen molar-refractivity contribution in [3.8, 4) is 5.75 Å². The van der Waals surface area contributed by atoms with Gasteiger partial charge in [-0.1, -0.05) is 30.7 Å². The van der Waals surface area contributed by atoms with Crippen molar-refractivity contribution in [2.75, 3.05) is 58.8 Å². The Bertz CT molecular complexity index is 1670. The fraction of sp³-hybridized carbons (Fsp3) is 0.471. The molecule has 1 saturated heterocycles. The number of ether oxygens (including phenoxy) is 2. The summed E-state index contributed by atoms with van der Waals surface area (Å²) in [5.74, 6) is -0.717. The highest BCUT2D eigenvalue weighted by atomic mass is 19.1. The van der Waals surface area contributed by atoms with Crippen LogP contribution in [-0.2, 0) is 29.0 Å². The van der Waals surface area contributed by atoms with E-state index in [0.717, 1.165) is 67.6 Å². The predicted octanol–water partition coefficient (Wildman–Crippen LogP) is 4.44. The number of methoxy groups -OCH3 is 1. The Balaban J connectivity index is 1.23. The van der Waals surface area contributed by atoms with Crippen LogP contribution in [0.2, 0.25) is 0 Å². The Morgan fingerprint density at radius 3 is 2.68 bits per heavy atom. The lowest BCUT2D eigenvalue weighted by Gasteiger charge is -2.30. The summed E-state index contributed by atoms with van der Waals surface area (Å²) in [4.78, 5) is 37.9. The minimum atomic E-state index is -1.20. The summed E-state index contributed by atoms with van der Waals surface area (Å²) in [6.07, 6.45) is 5.67. The number of carbonyl (C=O) groups excluding carboxylic acids is 1. The quantitative estimate of drug-likeness (QED) is 0.150. The molecule has 47 heavy (non-hydrogen) atoms. The maximum atomic E-state index is 14.3. The number of hydrogen-bond donors (Lipinski definition) is 3. The number of unbranched alkanes of at least 4 members (excludes halogenated alkanes) is 1. The van der Waals surface area contributed by atoms with Gasteiger partial charge in [-0.15, -0.1) is 0 Å². The van der Waals surface area contributed by atoms with Crippen molar-refractivity contribution in [1.29, 1.82) is 0 Å². The van der Waals surface area contributed by atoms with Crippen LogP contribution in [0.5, 0.6) is 5.75 Å². The Labute approximate surface area is 273 Å². The molecule has 0 atom stereocenters. The van der Waals surface area contributed by atoms with Crippen LogP contribution in [0.15, 0.2) is 42.5 Å². The summed E-state index contributed by atoms with van der Waals surface area (Å²) in [6.45, 7) is 4.52. The third-order valence-corrected chi connectivity index (χ3v) is 8.45. The summed E-state index contributed by atoms with van der Waals surface area (Å²) in [6, 6.07) is 12.0. The largest absolute Gasteiger partial charge is 0.479 e. The number of hydrogen-bond acceptors (Lipinski definition) is 8. The van der Waals surface area contributed by atoms with Crippen molar-refractivity contribution < 1.29 is 28.6 Å². The maximum absolute atomic E-state index is 14.3. The first-order valence-electron chi connectivity index (χ1n) is 16.2. The average molecular weight is 650 g/mol. The van der Waals surface area contributed by atoms with E-state index in [2.05, 4.69) is 19.8 Å². The molecule has 2 amide bonds. The SMILES string of the molecule is COCCc1nc2c(N)nc3ccccc3c2n1CCCCNC(=O)N(CCN1CCCCC1)Cc1ccc(F)c(OCC(=O)O)c1. The van der Waals surface area contributed by atoms with Gasteiger partial charge >= 0.3 is 12.0 Å². The average Bonchev–Trinajstić information content (AvgIpc) is 3.45. The Morgan fingerprint density at radius 2 is 1.89 bits per heavy atom. The molecule has 13 heteroatoms. The van der Waals surface area contributed by atoms with E-state index in [4.69, 9.17) is 25.3 Å². The van der Waals surface area contributed by atoms with Crippen LogP contribution in [0.4, 0.5) is 15.0 Å². The zero-order valence-electron chi connectivity index (χ0n) is 26.9. The van der Waals surface area contributed by atoms with Crippen LogP contribution >= 0.6 is 0 Å². The van der Waals surface area contributed by atoms with Crippen molar-refractivity contribution >= 4 is 39.8 Å². The number of likely N-dealkylation sites (tertiary alicyclic amines) is 1. The monoisotopic (exact) mass is 649 g/mol. The van der Waals surface area contributed by atoms with Crippen molar-refractivity contribution in [3.05, 3.63) is 59.7 Å². The van der Waals surface area contributed by atoms with Gasteiger partial charge < -0.3 is 40.0 Å². The van der Waals surface area contributed by atoms with Gasteiger partial charge in [0.15, 0.2) is 24.0 Å². The second kappa shape index (κ2) is 16.4. The number of nitrogens with one attached hydrogen (secondary N) is 1. The number of benzene rings is 2. The lowest BCUT2D eigenvalue weighted by Crippen LogP contribution is -2.44. The third kappa shape index (κ3) is 8.86. The molecule has 4 N–H and O–H groups in total. The lowest BCUT2D eigenvalue weighted by atomic mass is 10.1. The van der Waals surface area contributed by atoms with Crippen LogP contribution in [0, 0.1) is 5.82 Å². The molecule has 1 fully saturated rings. The predicted molar refractivity (Wildman–Crippen MR) is 178 cm³/mol. The van der Waals surface area contributed by atoms with E-state index < -0.39 is 18.4 Å². The van der Waals surface area contributed by atoms with Gasteiger partial charge in [0.2, 0.25) is 0 Å². The van der Waals surface area contributed by atoms with Gasteiger partial charge in [0, 0.05) is 51.6 Å². The number of fused-ring (bicyclic) bond motifs is 3. The highest BCUT2D eigenvalue weighted by Gasteiger charge is 2.20. The first-order valence-corrected chi connectivity index (χ1v) is 16.2. The number of nitrogens with zero attached hydrogens (tertiary/aromatic N) is 5. The minimum Gasteiger partial charge on any atom is -0.479 e. The number of carboxylic acid groups (broad SMARTS) is 1. The standard InChI is InChI=1S/C34H44FN7O5/c1-46-20-13-29-39-31-32(25-9-3-4-10-27(25)38-33(31)36)42(29)17-8-5-14-37-34(45)41(19-18-40-15-6-2-7-16-40)22-24-11-12-26(35)28(21-24)47-23-30(43)44/h3-4,9-12,21H,2,5-8,13-20,22-23H2,1H3,(H2,36,38)(H,37,45)(H,43,44). The number of para-hydroxylation sites is 1. The maximum Gasteiger partial charge on any atom is 0.341 e. The molecule has 252 valence electrons. The molecule has 0 spiro atoms. The van der Waals surface area contributed by atoms with Gasteiger partial charge in [-0.25, -0.2) is 23.9 Å². The minimum absolute atomic E-state index is 0.150. The van der Waals surface area contributed by atoms with Crippen LogP contribution in [-0.4, -0.2) is 94.5 Å². The van der Waals surface area contributed by atoms with Crippen LogP contribution < -0.4 is 15.8 Å². The summed E-state index contributed by atoms with van der Waals surface area (Å²) in [7, 11) is 1.67. The summed E-state index contributed by atoms with van der Waals surface area (Å²) < 4.78 is 26.9. The molecule has 0 radical (unpaired) electrons. The van der Waals surface area contributed by atoms with Gasteiger partial charge in [-0.2, -0.15) is 0 Å². The van der Waals surface area contributed by atoms with Gasteiger partial charge in [0.1, 0.15) is 11.3 Å². The van der Waals surface area contributed by atoms with Gasteiger partial charge in [0.05, 0.1) is 17.6 Å². The molecule has 0 bridgehead atoms. The molecule has 1 aliphatic rings. The molecule has 12 nitrogen and oxygen atoms in total. The van der Waals surface area contributed by atoms with E-state index in [1.807, 2.05) is 24.3 Å². The number of aryl methyl sites for hydroxylation is 1. The fourth-order valence-corrected chi connectivity index (χ4v) is 6.05. The number of piperidine rings is 1.